The molecule has 16 heteroatoms. The molecule has 1 aromatic carbocycles. The van der Waals surface area contributed by atoms with Crippen LogP contribution < -0.4 is 23.6 Å². The van der Waals surface area contributed by atoms with Crippen molar-refractivity contribution in [2.45, 2.75) is 48.6 Å². The number of sulfonamides is 2. The van der Waals surface area contributed by atoms with Gasteiger partial charge in [0, 0.05) is 0 Å². The fourth-order valence-electron chi connectivity index (χ4n) is 2.54. The van der Waals surface area contributed by atoms with Crippen LogP contribution in [-0.2, 0) is 20.0 Å². The zero-order valence-corrected chi connectivity index (χ0v) is 17.4. The van der Waals surface area contributed by atoms with Gasteiger partial charge in [-0.1, -0.05) is 12.2 Å². The molecular formula is C15H13F7LiNO5S2. The Morgan fingerprint density at radius 2 is 1.39 bits per heavy atom. The first-order valence-electron chi connectivity index (χ1n) is 8.17. The van der Waals surface area contributed by atoms with E-state index in [1.54, 1.807) is 6.08 Å². The molecule has 0 heterocycles. The second-order valence-electron chi connectivity index (χ2n) is 6.10. The Balaban J connectivity index is 0.00000480. The molecule has 0 aliphatic heterocycles. The molecule has 0 spiro atoms. The number of ether oxygens (including phenoxy) is 1. The second kappa shape index (κ2) is 10.1. The van der Waals surface area contributed by atoms with Crippen LogP contribution in [0.1, 0.15) is 32.1 Å². The summed E-state index contributed by atoms with van der Waals surface area (Å²) in [6, 6.07) is 0. The Hall–Kier alpha value is -1.27. The first-order chi connectivity index (χ1) is 13.7. The van der Waals surface area contributed by atoms with Crippen molar-refractivity contribution in [2.75, 3.05) is 0 Å². The smallest absolute Gasteiger partial charge is 0.484 e. The number of alkyl halides is 3. The van der Waals surface area contributed by atoms with Crippen LogP contribution in [0.5, 0.6) is 5.75 Å². The summed E-state index contributed by atoms with van der Waals surface area (Å²) < 4.78 is 145. The number of rotatable bonds is 5. The number of halogens is 7. The molecule has 170 valence electrons. The summed E-state index contributed by atoms with van der Waals surface area (Å²) in [5.74, 6) is -11.7. The van der Waals surface area contributed by atoms with E-state index < -0.39 is 65.6 Å². The van der Waals surface area contributed by atoms with Crippen molar-refractivity contribution in [3.63, 3.8) is 0 Å². The molecule has 0 saturated heterocycles. The summed E-state index contributed by atoms with van der Waals surface area (Å²) in [5, 5.41) is 0. The molecule has 1 aromatic rings. The van der Waals surface area contributed by atoms with Gasteiger partial charge in [-0.05, 0) is 32.1 Å². The van der Waals surface area contributed by atoms with Crippen LogP contribution >= 0.6 is 0 Å². The molecular weight excluding hydrogens is 478 g/mol. The van der Waals surface area contributed by atoms with Crippen LogP contribution in [0.2, 0.25) is 0 Å². The third kappa shape index (κ3) is 6.16. The maximum atomic E-state index is 14.2. The standard InChI is InChI=1S/C15H13F7NO5S2.Li/c16-9-11(18)14(29(24,25)23-30(26,27)15(20,21)22)12(19)10(17)13(9)28-8-6-4-2-1-3-5-7-8;/h1-2,8H,3-7H2;/q-1;+1/b2-1-;. The summed E-state index contributed by atoms with van der Waals surface area (Å²) >= 11 is 0. The van der Waals surface area contributed by atoms with E-state index in [9.17, 15) is 47.6 Å². The molecule has 1 unspecified atom stereocenters. The van der Waals surface area contributed by atoms with Gasteiger partial charge in [0.05, 0.1) is 6.10 Å². The first-order valence-corrected chi connectivity index (χ1v) is 11.0. The van der Waals surface area contributed by atoms with Crippen LogP contribution in [-0.4, -0.2) is 28.4 Å². The number of nitrogens with zero attached hydrogens (tertiary/aromatic N) is 1. The molecule has 1 aliphatic rings. The Morgan fingerprint density at radius 1 is 0.871 bits per heavy atom. The summed E-state index contributed by atoms with van der Waals surface area (Å²) in [6.45, 7) is 0. The van der Waals surface area contributed by atoms with Crippen molar-refractivity contribution in [2.24, 2.45) is 0 Å². The summed E-state index contributed by atoms with van der Waals surface area (Å²) in [5.41, 5.74) is -6.24. The van der Waals surface area contributed by atoms with E-state index in [2.05, 4.69) is 0 Å². The van der Waals surface area contributed by atoms with E-state index in [0.717, 1.165) is 0 Å². The number of hydrogen-bond donors (Lipinski definition) is 0. The molecule has 6 nitrogen and oxygen atoms in total. The van der Waals surface area contributed by atoms with E-state index in [1.165, 1.54) is 4.13 Å². The molecule has 31 heavy (non-hydrogen) atoms. The van der Waals surface area contributed by atoms with Gasteiger partial charge in [-0.3, -0.25) is 0 Å². The third-order valence-electron chi connectivity index (χ3n) is 3.93. The summed E-state index contributed by atoms with van der Waals surface area (Å²) in [6.07, 6.45) is 4.70. The molecule has 0 aromatic heterocycles. The van der Waals surface area contributed by atoms with Crippen molar-refractivity contribution in [3.8, 4) is 5.75 Å². The van der Waals surface area contributed by atoms with Gasteiger partial charge in [-0.2, -0.15) is 22.0 Å². The van der Waals surface area contributed by atoms with Crippen molar-refractivity contribution >= 4 is 20.0 Å². The number of benzene rings is 1. The maximum Gasteiger partial charge on any atom is 1.00 e. The van der Waals surface area contributed by atoms with E-state index >= 15 is 0 Å². The van der Waals surface area contributed by atoms with Gasteiger partial charge in [0.15, 0.2) is 27.4 Å². The van der Waals surface area contributed by atoms with Crippen LogP contribution in [0, 0.1) is 23.3 Å². The molecule has 0 N–H and O–H groups in total. The topological polar surface area (TPSA) is 91.6 Å². The number of hydrogen-bond acceptors (Lipinski definition) is 5. The van der Waals surface area contributed by atoms with E-state index in [4.69, 9.17) is 4.74 Å². The van der Waals surface area contributed by atoms with Crippen LogP contribution in [0.4, 0.5) is 30.7 Å². The minimum absolute atomic E-state index is 0. The molecule has 2 rings (SSSR count). The molecule has 0 radical (unpaired) electrons. The zero-order valence-electron chi connectivity index (χ0n) is 15.7. The van der Waals surface area contributed by atoms with Gasteiger partial charge in [-0.15, -0.1) is 0 Å². The fourth-order valence-corrected chi connectivity index (χ4v) is 4.84. The van der Waals surface area contributed by atoms with Crippen molar-refractivity contribution in [1.82, 2.24) is 0 Å². The Morgan fingerprint density at radius 3 is 1.90 bits per heavy atom. The molecule has 1 atom stereocenters. The average Bonchev–Trinajstić information content (AvgIpc) is 2.56. The van der Waals surface area contributed by atoms with Gasteiger partial charge in [0.2, 0.25) is 11.6 Å². The zero-order chi connectivity index (χ0) is 22.9. The van der Waals surface area contributed by atoms with Gasteiger partial charge in [0.1, 0.15) is 14.9 Å². The number of allylic oxidation sites excluding steroid dienone is 2. The van der Waals surface area contributed by atoms with E-state index in [0.29, 0.717) is 19.3 Å². The summed E-state index contributed by atoms with van der Waals surface area (Å²) in [4.78, 5) is -2.63. The largest absolute Gasteiger partial charge is 1.00 e. The van der Waals surface area contributed by atoms with Crippen LogP contribution in [0.15, 0.2) is 17.0 Å². The fraction of sp³-hybridized carbons (Fsp3) is 0.467. The normalized spacial score (nSPS) is 19.1. The van der Waals surface area contributed by atoms with E-state index in [-0.39, 0.29) is 31.7 Å². The molecule has 1 aliphatic carbocycles. The average molecular weight is 491 g/mol. The van der Waals surface area contributed by atoms with Crippen molar-refractivity contribution in [3.05, 3.63) is 39.5 Å². The predicted molar refractivity (Wildman–Crippen MR) is 88.4 cm³/mol. The predicted octanol–water partition coefficient (Wildman–Crippen LogP) is 1.43. The van der Waals surface area contributed by atoms with Gasteiger partial charge >= 0.3 is 24.4 Å². The third-order valence-corrected chi connectivity index (χ3v) is 6.96. The van der Waals surface area contributed by atoms with Gasteiger partial charge < -0.3 is 8.86 Å². The van der Waals surface area contributed by atoms with Crippen LogP contribution in [0.3, 0.4) is 0 Å². The monoisotopic (exact) mass is 491 g/mol. The molecule has 0 bridgehead atoms. The summed E-state index contributed by atoms with van der Waals surface area (Å²) in [7, 11) is -13.1. The van der Waals surface area contributed by atoms with Gasteiger partial charge in [0.25, 0.3) is 0 Å². The molecule has 0 fully saturated rings. The Bertz CT molecular complexity index is 1030. The van der Waals surface area contributed by atoms with Crippen molar-refractivity contribution in [1.29, 1.82) is 0 Å². The quantitative estimate of drug-likeness (QED) is 0.269. The Kier molecular flexibility index (Phi) is 9.06. The SMILES string of the molecule is O=S(=O)([N-]S(=O)(=O)C(F)(F)F)c1c(F)c(F)c(OC2CC/C=C\CCC2)c(F)c1F.[Li+]. The maximum absolute atomic E-state index is 14.2. The second-order valence-corrected chi connectivity index (χ2v) is 9.47. The first kappa shape index (κ1) is 27.8. The van der Waals surface area contributed by atoms with Crippen molar-refractivity contribution < 1.29 is 71.2 Å². The van der Waals surface area contributed by atoms with Crippen LogP contribution in [0.25, 0.3) is 4.13 Å². The minimum atomic E-state index is -6.78. The molecule has 0 saturated carbocycles. The Labute approximate surface area is 185 Å². The minimum Gasteiger partial charge on any atom is -0.484 e. The molecule has 0 amide bonds. The van der Waals surface area contributed by atoms with E-state index in [1.807, 2.05) is 6.08 Å². The van der Waals surface area contributed by atoms with Gasteiger partial charge in [-0.25, -0.2) is 25.6 Å².